The minimum Gasteiger partial charge on any atom is -0.339 e. The van der Waals surface area contributed by atoms with E-state index in [9.17, 15) is 4.79 Å². The van der Waals surface area contributed by atoms with Crippen LogP contribution in [0.15, 0.2) is 53.1 Å². The number of nitrogens with zero attached hydrogens (tertiary/aromatic N) is 4. The van der Waals surface area contributed by atoms with Crippen LogP contribution >= 0.6 is 0 Å². The van der Waals surface area contributed by atoms with Crippen LogP contribution in [0.5, 0.6) is 0 Å². The molecule has 0 saturated carbocycles. The molecule has 1 fully saturated rings. The smallest absolute Gasteiger partial charge is 0.253 e. The van der Waals surface area contributed by atoms with Crippen LogP contribution in [-0.4, -0.2) is 34.0 Å². The number of likely N-dealkylation sites (tertiary alicyclic amines) is 1. The Bertz CT molecular complexity index is 1050. The molecule has 1 atom stereocenters. The van der Waals surface area contributed by atoms with Crippen LogP contribution in [0, 0.1) is 24.2 Å². The molecule has 1 aromatic heterocycles. The van der Waals surface area contributed by atoms with Crippen LogP contribution in [0.2, 0.25) is 0 Å². The number of hydrogen-bond donors (Lipinski definition) is 0. The lowest BCUT2D eigenvalue weighted by molar-refractivity contribution is 0.0668. The molecule has 0 aliphatic carbocycles. The van der Waals surface area contributed by atoms with Crippen molar-refractivity contribution >= 4 is 5.91 Å². The number of nitriles is 1. The van der Waals surface area contributed by atoms with Gasteiger partial charge in [0.25, 0.3) is 5.91 Å². The van der Waals surface area contributed by atoms with Gasteiger partial charge in [-0.25, -0.2) is 0 Å². The summed E-state index contributed by atoms with van der Waals surface area (Å²) in [6.07, 6.45) is 2.64. The summed E-state index contributed by atoms with van der Waals surface area (Å²) >= 11 is 0. The Kier molecular flexibility index (Phi) is 5.39. The normalized spacial score (nSPS) is 16.4. The van der Waals surface area contributed by atoms with Gasteiger partial charge in [-0.2, -0.15) is 10.2 Å². The van der Waals surface area contributed by atoms with Gasteiger partial charge in [0.15, 0.2) is 0 Å². The summed E-state index contributed by atoms with van der Waals surface area (Å²) in [5, 5.41) is 13.1. The molecule has 2 aromatic carbocycles. The number of aryl methyl sites for hydroxylation is 1. The van der Waals surface area contributed by atoms with Gasteiger partial charge in [-0.15, -0.1) is 0 Å². The number of piperidine rings is 1. The number of amides is 1. The molecule has 1 amide bonds. The maximum Gasteiger partial charge on any atom is 0.253 e. The molecular weight excluding hydrogens is 364 g/mol. The van der Waals surface area contributed by atoms with E-state index >= 15 is 0 Å². The van der Waals surface area contributed by atoms with Crippen LogP contribution < -0.4 is 0 Å². The highest BCUT2D eigenvalue weighted by Gasteiger charge is 2.26. The van der Waals surface area contributed by atoms with E-state index in [1.165, 1.54) is 0 Å². The van der Waals surface area contributed by atoms with Crippen LogP contribution in [0.3, 0.4) is 0 Å². The minimum atomic E-state index is 0.00492. The second kappa shape index (κ2) is 8.27. The van der Waals surface area contributed by atoms with Gasteiger partial charge >= 0.3 is 0 Å². The Balaban J connectivity index is 1.42. The molecule has 1 aliphatic heterocycles. The summed E-state index contributed by atoms with van der Waals surface area (Å²) in [5.41, 5.74) is 3.25. The molecule has 4 rings (SSSR count). The standard InChI is InChI=1S/C23H22N4O2/c1-16-5-2-3-7-20(16)22-25-21(29-26-22)13-18-6-4-12-27(15-18)23(28)19-10-8-17(14-24)9-11-19/h2-3,5,7-11,18H,4,6,12-13,15H2,1H3/t18-/m1/s1. The topological polar surface area (TPSA) is 83.0 Å². The molecule has 146 valence electrons. The zero-order valence-electron chi connectivity index (χ0n) is 16.3. The first kappa shape index (κ1) is 18.9. The van der Waals surface area contributed by atoms with E-state index in [-0.39, 0.29) is 11.8 Å². The number of aromatic nitrogens is 2. The van der Waals surface area contributed by atoms with E-state index in [1.54, 1.807) is 24.3 Å². The lowest BCUT2D eigenvalue weighted by atomic mass is 9.94. The highest BCUT2D eigenvalue weighted by Crippen LogP contribution is 2.24. The predicted octanol–water partition coefficient (Wildman–Crippen LogP) is 4.01. The Labute approximate surface area is 169 Å². The molecule has 1 saturated heterocycles. The highest BCUT2D eigenvalue weighted by atomic mass is 16.5. The van der Waals surface area contributed by atoms with E-state index in [0.717, 1.165) is 30.5 Å². The number of rotatable bonds is 4. The van der Waals surface area contributed by atoms with Gasteiger partial charge < -0.3 is 9.42 Å². The first-order valence-electron chi connectivity index (χ1n) is 9.82. The Morgan fingerprint density at radius 1 is 1.24 bits per heavy atom. The lowest BCUT2D eigenvalue weighted by Gasteiger charge is -2.32. The van der Waals surface area contributed by atoms with Crippen molar-refractivity contribution in [3.05, 3.63) is 71.1 Å². The molecule has 0 radical (unpaired) electrons. The van der Waals surface area contributed by atoms with Crippen LogP contribution in [-0.2, 0) is 6.42 Å². The van der Waals surface area contributed by atoms with Crippen LogP contribution in [0.25, 0.3) is 11.4 Å². The number of carbonyl (C=O) groups is 1. The Morgan fingerprint density at radius 3 is 2.79 bits per heavy atom. The van der Waals surface area contributed by atoms with E-state index < -0.39 is 0 Å². The third-order valence-electron chi connectivity index (χ3n) is 5.38. The third kappa shape index (κ3) is 4.19. The Morgan fingerprint density at radius 2 is 2.03 bits per heavy atom. The Hall–Kier alpha value is -3.46. The average molecular weight is 386 g/mol. The maximum atomic E-state index is 12.8. The molecule has 0 bridgehead atoms. The fraction of sp³-hybridized carbons (Fsp3) is 0.304. The van der Waals surface area contributed by atoms with Crippen molar-refractivity contribution in [3.8, 4) is 17.5 Å². The van der Waals surface area contributed by atoms with E-state index in [1.807, 2.05) is 36.1 Å². The molecule has 0 unspecified atom stereocenters. The quantitative estimate of drug-likeness (QED) is 0.676. The highest BCUT2D eigenvalue weighted by molar-refractivity contribution is 5.94. The SMILES string of the molecule is Cc1ccccc1-c1noc(C[C@H]2CCCN(C(=O)c3ccc(C#N)cc3)C2)n1. The molecule has 0 spiro atoms. The van der Waals surface area contributed by atoms with E-state index in [4.69, 9.17) is 9.78 Å². The monoisotopic (exact) mass is 386 g/mol. The molecule has 6 nitrogen and oxygen atoms in total. The van der Waals surface area contributed by atoms with Crippen molar-refractivity contribution in [1.82, 2.24) is 15.0 Å². The van der Waals surface area contributed by atoms with Gasteiger partial charge in [-0.3, -0.25) is 4.79 Å². The van der Waals surface area contributed by atoms with Gasteiger partial charge in [-0.05, 0) is 55.5 Å². The minimum absolute atomic E-state index is 0.00492. The van der Waals surface area contributed by atoms with Crippen molar-refractivity contribution in [2.75, 3.05) is 13.1 Å². The second-order valence-electron chi connectivity index (χ2n) is 7.48. The molecule has 29 heavy (non-hydrogen) atoms. The van der Waals surface area contributed by atoms with Gasteiger partial charge in [0, 0.05) is 30.6 Å². The van der Waals surface area contributed by atoms with Crippen LogP contribution in [0.4, 0.5) is 0 Å². The van der Waals surface area contributed by atoms with Crippen molar-refractivity contribution in [2.45, 2.75) is 26.2 Å². The lowest BCUT2D eigenvalue weighted by Crippen LogP contribution is -2.40. The second-order valence-corrected chi connectivity index (χ2v) is 7.48. The fourth-order valence-corrected chi connectivity index (χ4v) is 3.80. The largest absolute Gasteiger partial charge is 0.339 e. The van der Waals surface area contributed by atoms with Gasteiger partial charge in [0.2, 0.25) is 11.7 Å². The van der Waals surface area contributed by atoms with Gasteiger partial charge in [-0.1, -0.05) is 29.4 Å². The number of hydrogen-bond acceptors (Lipinski definition) is 5. The van der Waals surface area contributed by atoms with Crippen molar-refractivity contribution in [2.24, 2.45) is 5.92 Å². The summed E-state index contributed by atoms with van der Waals surface area (Å²) in [6, 6.07) is 16.8. The molecule has 3 aromatic rings. The first-order valence-corrected chi connectivity index (χ1v) is 9.82. The summed E-state index contributed by atoms with van der Waals surface area (Å²) < 4.78 is 5.49. The van der Waals surface area contributed by atoms with Gasteiger partial charge in [0.05, 0.1) is 11.6 Å². The number of benzene rings is 2. The average Bonchev–Trinajstić information content (AvgIpc) is 3.22. The molecule has 0 N–H and O–H groups in total. The van der Waals surface area contributed by atoms with E-state index in [2.05, 4.69) is 16.2 Å². The summed E-state index contributed by atoms with van der Waals surface area (Å²) in [7, 11) is 0. The van der Waals surface area contributed by atoms with Crippen LogP contribution in [0.1, 0.15) is 40.2 Å². The number of carbonyl (C=O) groups excluding carboxylic acids is 1. The summed E-state index contributed by atoms with van der Waals surface area (Å²) in [4.78, 5) is 19.3. The summed E-state index contributed by atoms with van der Waals surface area (Å²) in [5.74, 6) is 1.52. The molecular formula is C23H22N4O2. The molecule has 2 heterocycles. The maximum absolute atomic E-state index is 12.8. The predicted molar refractivity (Wildman–Crippen MR) is 108 cm³/mol. The van der Waals surface area contributed by atoms with Crippen molar-refractivity contribution in [3.63, 3.8) is 0 Å². The summed E-state index contributed by atoms with van der Waals surface area (Å²) in [6.45, 7) is 3.44. The molecule has 1 aliphatic rings. The van der Waals surface area contributed by atoms with Crippen molar-refractivity contribution < 1.29 is 9.32 Å². The van der Waals surface area contributed by atoms with E-state index in [0.29, 0.717) is 35.8 Å². The first-order chi connectivity index (χ1) is 14.1. The molecule has 6 heteroatoms. The third-order valence-corrected chi connectivity index (χ3v) is 5.38. The van der Waals surface area contributed by atoms with Crippen molar-refractivity contribution in [1.29, 1.82) is 5.26 Å². The fourth-order valence-electron chi connectivity index (χ4n) is 3.80. The van der Waals surface area contributed by atoms with Gasteiger partial charge in [0.1, 0.15) is 0 Å². The zero-order valence-corrected chi connectivity index (χ0v) is 16.3. The zero-order chi connectivity index (χ0) is 20.2.